The van der Waals surface area contributed by atoms with Gasteiger partial charge in [0.15, 0.2) is 0 Å². The highest BCUT2D eigenvalue weighted by molar-refractivity contribution is 7.91. The number of carbonyl (C=O) groups is 2. The predicted molar refractivity (Wildman–Crippen MR) is 94.9 cm³/mol. The van der Waals surface area contributed by atoms with Gasteiger partial charge in [-0.3, -0.25) is 4.79 Å². The topological polar surface area (TPSA) is 111 Å². The maximum atomic E-state index is 12.7. The van der Waals surface area contributed by atoms with Crippen molar-refractivity contribution in [1.82, 2.24) is 19.7 Å². The van der Waals surface area contributed by atoms with E-state index in [1.54, 1.807) is 24.1 Å². The van der Waals surface area contributed by atoms with E-state index < -0.39 is 21.1 Å². The molecule has 0 atom stereocenters. The Morgan fingerprint density at radius 2 is 1.70 bits per heavy atom. The molecule has 2 aromatic rings. The van der Waals surface area contributed by atoms with Crippen LogP contribution in [0.3, 0.4) is 0 Å². The summed E-state index contributed by atoms with van der Waals surface area (Å²) in [4.78, 5) is 25.7. The molecule has 9 nitrogen and oxygen atoms in total. The second kappa shape index (κ2) is 7.47. The molecule has 27 heavy (non-hydrogen) atoms. The molecule has 1 aromatic heterocycles. The molecule has 0 unspecified atom stereocenters. The lowest BCUT2D eigenvalue weighted by atomic mass is 10.1. The van der Waals surface area contributed by atoms with Gasteiger partial charge >= 0.3 is 5.97 Å². The van der Waals surface area contributed by atoms with Gasteiger partial charge < -0.3 is 14.2 Å². The van der Waals surface area contributed by atoms with E-state index in [9.17, 15) is 18.0 Å². The van der Waals surface area contributed by atoms with Crippen molar-refractivity contribution >= 4 is 21.7 Å². The van der Waals surface area contributed by atoms with Gasteiger partial charge in [0.05, 0.1) is 17.9 Å². The predicted octanol–water partition coefficient (Wildman–Crippen LogP) is 0.680. The maximum absolute atomic E-state index is 12.7. The van der Waals surface area contributed by atoms with Crippen molar-refractivity contribution in [2.75, 3.05) is 20.2 Å². The number of ether oxygens (including phenoxy) is 1. The normalized spacial score (nSPS) is 15.6. The van der Waals surface area contributed by atoms with E-state index in [-0.39, 0.29) is 11.1 Å². The molecular formula is C17H20N4O5S. The Labute approximate surface area is 156 Å². The van der Waals surface area contributed by atoms with Crippen LogP contribution in [-0.2, 0) is 21.6 Å². The number of benzene rings is 1. The fraction of sp³-hybridized carbons (Fsp3) is 0.412. The van der Waals surface area contributed by atoms with Crippen molar-refractivity contribution in [2.45, 2.75) is 23.2 Å². The van der Waals surface area contributed by atoms with Gasteiger partial charge in [-0.25, -0.2) is 13.2 Å². The molecule has 0 saturated carbocycles. The Balaban J connectivity index is 1.66. The first kappa shape index (κ1) is 19.0. The van der Waals surface area contributed by atoms with Crippen LogP contribution in [0, 0.1) is 0 Å². The van der Waals surface area contributed by atoms with E-state index in [0.29, 0.717) is 37.1 Å². The van der Waals surface area contributed by atoms with Crippen LogP contribution >= 0.6 is 0 Å². The minimum atomic E-state index is -3.58. The Morgan fingerprint density at radius 3 is 2.22 bits per heavy atom. The molecule has 1 aliphatic rings. The summed E-state index contributed by atoms with van der Waals surface area (Å²) in [6.07, 6.45) is 2.02. The third-order valence-electron chi connectivity index (χ3n) is 4.65. The molecule has 1 saturated heterocycles. The van der Waals surface area contributed by atoms with Gasteiger partial charge in [0.1, 0.15) is 6.33 Å². The van der Waals surface area contributed by atoms with E-state index >= 15 is 0 Å². The van der Waals surface area contributed by atoms with Gasteiger partial charge in [-0.15, -0.1) is 10.2 Å². The van der Waals surface area contributed by atoms with Crippen LogP contribution in [0.4, 0.5) is 0 Å². The molecule has 1 aliphatic heterocycles. The molecule has 0 radical (unpaired) electrons. The summed E-state index contributed by atoms with van der Waals surface area (Å²) in [6, 6.07) is 6.20. The quantitative estimate of drug-likeness (QED) is 0.703. The number of amides is 1. The number of methoxy groups -OCH3 is 1. The van der Waals surface area contributed by atoms with Crippen LogP contribution in [0.25, 0.3) is 0 Å². The largest absolute Gasteiger partial charge is 0.465 e. The van der Waals surface area contributed by atoms with Crippen LogP contribution < -0.4 is 0 Å². The summed E-state index contributed by atoms with van der Waals surface area (Å²) in [7, 11) is -0.702. The number of hydrogen-bond donors (Lipinski definition) is 0. The molecule has 0 aliphatic carbocycles. The average molecular weight is 392 g/mol. The summed E-state index contributed by atoms with van der Waals surface area (Å²) in [5.41, 5.74) is 0.805. The molecule has 144 valence electrons. The van der Waals surface area contributed by atoms with Crippen molar-refractivity contribution in [2.24, 2.45) is 7.05 Å². The first-order chi connectivity index (χ1) is 12.8. The molecule has 0 bridgehead atoms. The fourth-order valence-corrected chi connectivity index (χ4v) is 4.84. The van der Waals surface area contributed by atoms with Crippen LogP contribution in [0.15, 0.2) is 35.7 Å². The lowest BCUT2D eigenvalue weighted by molar-refractivity contribution is 0.0599. The highest BCUT2D eigenvalue weighted by atomic mass is 32.2. The molecular weight excluding hydrogens is 372 g/mol. The molecule has 3 rings (SSSR count). The third kappa shape index (κ3) is 3.70. The molecule has 10 heteroatoms. The van der Waals surface area contributed by atoms with E-state index in [1.165, 1.54) is 30.1 Å². The fourth-order valence-electron chi connectivity index (χ4n) is 3.10. The van der Waals surface area contributed by atoms with Crippen LogP contribution in [-0.4, -0.2) is 65.4 Å². The SMILES string of the molecule is COC(=O)c1ccc(C(=O)N2CCC(S(=O)(=O)c3nncn3C)CC2)cc1. The van der Waals surface area contributed by atoms with E-state index in [0.717, 1.165) is 0 Å². The Bertz CT molecular complexity index is 944. The summed E-state index contributed by atoms with van der Waals surface area (Å²) in [5, 5.41) is 6.69. The van der Waals surface area contributed by atoms with Crippen molar-refractivity contribution in [1.29, 1.82) is 0 Å². The lowest BCUT2D eigenvalue weighted by Crippen LogP contribution is -2.42. The minimum Gasteiger partial charge on any atom is -0.465 e. The number of esters is 1. The third-order valence-corrected chi connectivity index (χ3v) is 6.87. The highest BCUT2D eigenvalue weighted by Crippen LogP contribution is 2.24. The van der Waals surface area contributed by atoms with Crippen molar-refractivity contribution in [3.63, 3.8) is 0 Å². The van der Waals surface area contributed by atoms with Gasteiger partial charge in [-0.05, 0) is 37.1 Å². The van der Waals surface area contributed by atoms with Crippen molar-refractivity contribution in [3.8, 4) is 0 Å². The van der Waals surface area contributed by atoms with Gasteiger partial charge in [-0.1, -0.05) is 0 Å². The molecule has 2 heterocycles. The summed E-state index contributed by atoms with van der Waals surface area (Å²) in [5.74, 6) is -0.662. The number of carbonyl (C=O) groups excluding carboxylic acids is 2. The number of sulfone groups is 1. The van der Waals surface area contributed by atoms with Crippen LogP contribution in [0.2, 0.25) is 0 Å². The van der Waals surface area contributed by atoms with Crippen LogP contribution in [0.1, 0.15) is 33.6 Å². The van der Waals surface area contributed by atoms with Gasteiger partial charge in [0, 0.05) is 25.7 Å². The monoisotopic (exact) mass is 392 g/mol. The second-order valence-electron chi connectivity index (χ2n) is 6.33. The summed E-state index contributed by atoms with van der Waals surface area (Å²) < 4.78 is 31.4. The molecule has 0 N–H and O–H groups in total. The van der Waals surface area contributed by atoms with Crippen molar-refractivity contribution in [3.05, 3.63) is 41.7 Å². The van der Waals surface area contributed by atoms with E-state index in [4.69, 9.17) is 0 Å². The number of likely N-dealkylation sites (tertiary alicyclic amines) is 1. The smallest absolute Gasteiger partial charge is 0.337 e. The molecule has 1 fully saturated rings. The second-order valence-corrected chi connectivity index (χ2v) is 8.45. The zero-order chi connectivity index (χ0) is 19.6. The number of aromatic nitrogens is 3. The van der Waals surface area contributed by atoms with Crippen molar-refractivity contribution < 1.29 is 22.7 Å². The first-order valence-electron chi connectivity index (χ1n) is 8.40. The minimum absolute atomic E-state index is 0.0503. The van der Waals surface area contributed by atoms with Gasteiger partial charge in [0.25, 0.3) is 5.91 Å². The van der Waals surface area contributed by atoms with Gasteiger partial charge in [0.2, 0.25) is 15.0 Å². The maximum Gasteiger partial charge on any atom is 0.337 e. The Hall–Kier alpha value is -2.75. The highest BCUT2D eigenvalue weighted by Gasteiger charge is 2.35. The number of nitrogens with zero attached hydrogens (tertiary/aromatic N) is 4. The number of piperidine rings is 1. The number of hydrogen-bond acceptors (Lipinski definition) is 7. The Kier molecular flexibility index (Phi) is 5.26. The van der Waals surface area contributed by atoms with Gasteiger partial charge in [-0.2, -0.15) is 0 Å². The zero-order valence-electron chi connectivity index (χ0n) is 15.0. The Morgan fingerprint density at radius 1 is 1.11 bits per heavy atom. The standard InChI is InChI=1S/C17H20N4O5S/c1-20-11-18-19-17(20)27(24,25)14-7-9-21(10-8-14)15(22)12-3-5-13(6-4-12)16(23)26-2/h3-6,11,14H,7-10H2,1-2H3. The zero-order valence-corrected chi connectivity index (χ0v) is 15.8. The number of rotatable bonds is 4. The first-order valence-corrected chi connectivity index (χ1v) is 9.94. The number of aryl methyl sites for hydroxylation is 1. The summed E-state index contributed by atoms with van der Waals surface area (Å²) in [6.45, 7) is 0.665. The molecule has 0 spiro atoms. The summed E-state index contributed by atoms with van der Waals surface area (Å²) >= 11 is 0. The van der Waals surface area contributed by atoms with E-state index in [1.807, 2.05) is 0 Å². The van der Waals surface area contributed by atoms with Crippen LogP contribution in [0.5, 0.6) is 0 Å². The molecule has 1 aromatic carbocycles. The molecule has 1 amide bonds. The average Bonchev–Trinajstić information content (AvgIpc) is 3.14. The van der Waals surface area contributed by atoms with E-state index in [2.05, 4.69) is 14.9 Å². The lowest BCUT2D eigenvalue weighted by Gasteiger charge is -2.31.